The van der Waals surface area contributed by atoms with Gasteiger partial charge in [-0.3, -0.25) is 4.79 Å². The molecule has 17 heavy (non-hydrogen) atoms. The van der Waals surface area contributed by atoms with Crippen LogP contribution in [-0.2, 0) is 4.79 Å². The van der Waals surface area contributed by atoms with Crippen molar-refractivity contribution in [1.82, 2.24) is 0 Å². The lowest BCUT2D eigenvalue weighted by Gasteiger charge is -2.14. The molecule has 1 unspecified atom stereocenters. The third-order valence-electron chi connectivity index (χ3n) is 2.62. The molecule has 1 aromatic rings. The lowest BCUT2D eigenvalue weighted by Crippen LogP contribution is -2.24. The quantitative estimate of drug-likeness (QED) is 0.465. The number of hydrogen-bond donors (Lipinski definition) is 0. The van der Waals surface area contributed by atoms with Crippen molar-refractivity contribution < 1.29 is 4.79 Å². The van der Waals surface area contributed by atoms with Crippen molar-refractivity contribution in [3.05, 3.63) is 27.5 Å². The van der Waals surface area contributed by atoms with Gasteiger partial charge in [-0.2, -0.15) is 5.26 Å². The number of thiophene rings is 1. The molecule has 1 aliphatic heterocycles. The number of nitriles is 1. The molecule has 0 bridgehead atoms. The van der Waals surface area contributed by atoms with Gasteiger partial charge in [0.2, 0.25) is 5.91 Å². The Hall–Kier alpha value is -2.03. The number of hydrogen-bond acceptors (Lipinski definition) is 4. The molecule has 6 nitrogen and oxygen atoms in total. The molecule has 0 saturated carbocycles. The number of azide groups is 1. The van der Waals surface area contributed by atoms with Crippen LogP contribution in [0.1, 0.15) is 12.0 Å². The fourth-order valence-corrected chi connectivity index (χ4v) is 2.72. The first kappa shape index (κ1) is 11.5. The Kier molecular flexibility index (Phi) is 3.28. The van der Waals surface area contributed by atoms with Crippen LogP contribution in [0.3, 0.4) is 0 Å². The maximum absolute atomic E-state index is 11.8. The van der Waals surface area contributed by atoms with Gasteiger partial charge in [-0.15, -0.1) is 11.3 Å². The largest absolute Gasteiger partial charge is 0.302 e. The van der Waals surface area contributed by atoms with Crippen LogP contribution in [0.4, 0.5) is 5.00 Å². The molecule has 1 atom stereocenters. The lowest BCUT2D eigenvalue weighted by molar-refractivity contribution is -0.117. The zero-order valence-corrected chi connectivity index (χ0v) is 9.72. The average molecular weight is 247 g/mol. The number of amides is 1. The van der Waals surface area contributed by atoms with E-state index in [-0.39, 0.29) is 11.8 Å². The van der Waals surface area contributed by atoms with Gasteiger partial charge in [0.15, 0.2) is 0 Å². The second-order valence-electron chi connectivity index (χ2n) is 3.74. The summed E-state index contributed by atoms with van der Waals surface area (Å²) in [5.74, 6) is 0.0362. The number of rotatable bonds is 3. The van der Waals surface area contributed by atoms with E-state index in [0.717, 1.165) is 0 Å². The number of anilines is 1. The molecule has 2 rings (SSSR count). The van der Waals surface area contributed by atoms with Crippen LogP contribution >= 0.6 is 11.3 Å². The molecule has 0 radical (unpaired) electrons. The van der Waals surface area contributed by atoms with Crippen molar-refractivity contribution in [3.63, 3.8) is 0 Å². The fourth-order valence-electron chi connectivity index (χ4n) is 1.85. The second kappa shape index (κ2) is 4.87. The lowest BCUT2D eigenvalue weighted by atomic mass is 10.1. The molecule has 1 amide bonds. The Balaban J connectivity index is 2.16. The van der Waals surface area contributed by atoms with Crippen LogP contribution in [0.5, 0.6) is 0 Å². The average Bonchev–Trinajstić information content (AvgIpc) is 2.92. The highest BCUT2D eigenvalue weighted by atomic mass is 32.1. The van der Waals surface area contributed by atoms with Gasteiger partial charge in [0, 0.05) is 24.4 Å². The molecule has 0 aliphatic carbocycles. The molecule has 1 aromatic heterocycles. The summed E-state index contributed by atoms with van der Waals surface area (Å²) in [5.41, 5.74) is 8.76. The Morgan fingerprint density at radius 3 is 3.29 bits per heavy atom. The zero-order chi connectivity index (χ0) is 12.3. The highest BCUT2D eigenvalue weighted by Gasteiger charge is 2.31. The molecule has 2 heterocycles. The maximum Gasteiger partial charge on any atom is 0.227 e. The molecular weight excluding hydrogens is 238 g/mol. The number of carbonyl (C=O) groups excluding carboxylic acids is 1. The van der Waals surface area contributed by atoms with E-state index in [9.17, 15) is 4.79 Å². The van der Waals surface area contributed by atoms with Gasteiger partial charge in [0.05, 0.1) is 5.56 Å². The Morgan fingerprint density at radius 2 is 2.59 bits per heavy atom. The molecule has 0 spiro atoms. The molecule has 1 aliphatic rings. The first-order chi connectivity index (χ1) is 8.26. The summed E-state index contributed by atoms with van der Waals surface area (Å²) in [6, 6.07) is 3.77. The molecule has 0 aromatic carbocycles. The van der Waals surface area contributed by atoms with Crippen LogP contribution in [-0.4, -0.2) is 19.0 Å². The van der Waals surface area contributed by atoms with E-state index in [1.165, 1.54) is 11.3 Å². The minimum absolute atomic E-state index is 0.0120. The minimum Gasteiger partial charge on any atom is -0.302 e. The van der Waals surface area contributed by atoms with Gasteiger partial charge in [-0.05, 0) is 22.9 Å². The molecular formula is C10H9N5OS. The Labute approximate surface area is 102 Å². The third kappa shape index (κ3) is 2.23. The van der Waals surface area contributed by atoms with E-state index in [1.807, 2.05) is 0 Å². The van der Waals surface area contributed by atoms with E-state index < -0.39 is 0 Å². The molecule has 7 heteroatoms. The first-order valence-electron chi connectivity index (χ1n) is 5.05. The van der Waals surface area contributed by atoms with E-state index in [4.69, 9.17) is 10.8 Å². The molecule has 0 N–H and O–H groups in total. The van der Waals surface area contributed by atoms with Crippen molar-refractivity contribution >= 4 is 22.2 Å². The smallest absolute Gasteiger partial charge is 0.227 e. The van der Waals surface area contributed by atoms with Gasteiger partial charge in [-0.25, -0.2) is 0 Å². The van der Waals surface area contributed by atoms with Gasteiger partial charge >= 0.3 is 0 Å². The van der Waals surface area contributed by atoms with Crippen molar-refractivity contribution in [3.8, 4) is 6.07 Å². The van der Waals surface area contributed by atoms with Crippen molar-refractivity contribution in [2.24, 2.45) is 11.0 Å². The third-order valence-corrected chi connectivity index (χ3v) is 3.55. The van der Waals surface area contributed by atoms with Crippen molar-refractivity contribution in [2.45, 2.75) is 6.42 Å². The van der Waals surface area contributed by atoms with E-state index in [1.54, 1.807) is 16.3 Å². The molecule has 1 saturated heterocycles. The summed E-state index contributed by atoms with van der Waals surface area (Å²) in [4.78, 5) is 16.1. The summed E-state index contributed by atoms with van der Waals surface area (Å²) in [5, 5.41) is 14.9. The topological polar surface area (TPSA) is 92.9 Å². The summed E-state index contributed by atoms with van der Waals surface area (Å²) in [6.07, 6.45) is 0.377. The Bertz CT molecular complexity index is 525. The van der Waals surface area contributed by atoms with Crippen LogP contribution in [0.25, 0.3) is 10.4 Å². The highest BCUT2D eigenvalue weighted by molar-refractivity contribution is 7.14. The predicted molar refractivity (Wildman–Crippen MR) is 63.5 cm³/mol. The maximum atomic E-state index is 11.8. The van der Waals surface area contributed by atoms with Crippen LogP contribution in [0.2, 0.25) is 0 Å². The second-order valence-corrected chi connectivity index (χ2v) is 4.63. The van der Waals surface area contributed by atoms with Gasteiger partial charge in [0.1, 0.15) is 11.1 Å². The number of nitrogens with zero attached hydrogens (tertiary/aromatic N) is 5. The van der Waals surface area contributed by atoms with Gasteiger partial charge < -0.3 is 4.90 Å². The standard InChI is InChI=1S/C10H9N5OS/c11-4-8-1-2-17-10(8)15-6-7(3-9(15)16)5-13-14-12/h1-2,7H,3,5-6H2. The SMILES string of the molecule is N#Cc1ccsc1N1CC(CN=[N+]=[N-])CC1=O. The van der Waals surface area contributed by atoms with Crippen molar-refractivity contribution in [1.29, 1.82) is 5.26 Å². The van der Waals surface area contributed by atoms with Crippen molar-refractivity contribution in [2.75, 3.05) is 18.0 Å². The van der Waals surface area contributed by atoms with Gasteiger partial charge in [-0.1, -0.05) is 5.11 Å². The van der Waals surface area contributed by atoms with E-state index in [0.29, 0.717) is 30.1 Å². The van der Waals surface area contributed by atoms with Crippen LogP contribution < -0.4 is 4.90 Å². The predicted octanol–water partition coefficient (Wildman–Crippen LogP) is 2.28. The summed E-state index contributed by atoms with van der Waals surface area (Å²) < 4.78 is 0. The highest BCUT2D eigenvalue weighted by Crippen LogP contribution is 2.32. The first-order valence-corrected chi connectivity index (χ1v) is 5.93. The Morgan fingerprint density at radius 1 is 1.76 bits per heavy atom. The number of carbonyl (C=O) groups is 1. The van der Waals surface area contributed by atoms with Crippen LogP contribution in [0, 0.1) is 17.2 Å². The van der Waals surface area contributed by atoms with E-state index >= 15 is 0 Å². The normalized spacial score (nSPS) is 18.9. The van der Waals surface area contributed by atoms with E-state index in [2.05, 4.69) is 16.1 Å². The van der Waals surface area contributed by atoms with Gasteiger partial charge in [0.25, 0.3) is 0 Å². The monoisotopic (exact) mass is 247 g/mol. The summed E-state index contributed by atoms with van der Waals surface area (Å²) in [7, 11) is 0. The molecule has 1 fully saturated rings. The zero-order valence-electron chi connectivity index (χ0n) is 8.91. The molecule has 86 valence electrons. The van der Waals surface area contributed by atoms with Crippen LogP contribution in [0.15, 0.2) is 16.6 Å². The summed E-state index contributed by atoms with van der Waals surface area (Å²) >= 11 is 1.38. The minimum atomic E-state index is -0.0120. The fraction of sp³-hybridized carbons (Fsp3) is 0.400. The summed E-state index contributed by atoms with van der Waals surface area (Å²) in [6.45, 7) is 0.846.